The third kappa shape index (κ3) is 2.29. The van der Waals surface area contributed by atoms with Crippen LogP contribution in [0.3, 0.4) is 0 Å². The van der Waals surface area contributed by atoms with Crippen molar-refractivity contribution in [3.63, 3.8) is 0 Å². The van der Waals surface area contributed by atoms with Gasteiger partial charge in [0, 0.05) is 19.3 Å². The molecule has 0 aliphatic carbocycles. The van der Waals surface area contributed by atoms with E-state index < -0.39 is 0 Å². The predicted octanol–water partition coefficient (Wildman–Crippen LogP) is 3.08. The van der Waals surface area contributed by atoms with E-state index in [4.69, 9.17) is 0 Å². The standard InChI is InChI=1S/C21H20N2O2/c1-13-8-9-16(14(2)12-13)18-19(21(25)22(3)20(18)24)23-11-10-15-6-4-5-7-17(15)23/h4-9,12H,10-11H2,1-3H3. The summed E-state index contributed by atoms with van der Waals surface area (Å²) in [6.45, 7) is 4.73. The maximum Gasteiger partial charge on any atom is 0.277 e. The van der Waals surface area contributed by atoms with E-state index in [1.807, 2.05) is 55.1 Å². The van der Waals surface area contributed by atoms with Crippen LogP contribution in [0.15, 0.2) is 48.2 Å². The van der Waals surface area contributed by atoms with Crippen LogP contribution in [0.2, 0.25) is 0 Å². The van der Waals surface area contributed by atoms with Gasteiger partial charge in [-0.2, -0.15) is 0 Å². The Morgan fingerprint density at radius 1 is 0.960 bits per heavy atom. The van der Waals surface area contributed by atoms with Crippen molar-refractivity contribution in [2.45, 2.75) is 20.3 Å². The lowest BCUT2D eigenvalue weighted by Crippen LogP contribution is -2.31. The Bertz CT molecular complexity index is 943. The Labute approximate surface area is 147 Å². The molecule has 0 atom stereocenters. The molecule has 2 heterocycles. The Balaban J connectivity index is 1.94. The topological polar surface area (TPSA) is 40.6 Å². The van der Waals surface area contributed by atoms with Crippen LogP contribution >= 0.6 is 0 Å². The van der Waals surface area contributed by atoms with Crippen LogP contribution in [0.25, 0.3) is 5.57 Å². The van der Waals surface area contributed by atoms with E-state index in [1.165, 1.54) is 10.5 Å². The van der Waals surface area contributed by atoms with E-state index in [0.29, 0.717) is 11.3 Å². The van der Waals surface area contributed by atoms with Gasteiger partial charge in [-0.15, -0.1) is 0 Å². The van der Waals surface area contributed by atoms with Crippen molar-refractivity contribution in [1.29, 1.82) is 0 Å². The smallest absolute Gasteiger partial charge is 0.277 e. The highest BCUT2D eigenvalue weighted by atomic mass is 16.2. The largest absolute Gasteiger partial charge is 0.336 e. The molecule has 0 saturated heterocycles. The number of carbonyl (C=O) groups excluding carboxylic acids is 2. The van der Waals surface area contributed by atoms with Crippen molar-refractivity contribution in [1.82, 2.24) is 4.90 Å². The van der Waals surface area contributed by atoms with Gasteiger partial charge in [-0.1, -0.05) is 42.0 Å². The zero-order valence-corrected chi connectivity index (χ0v) is 14.7. The van der Waals surface area contributed by atoms with Gasteiger partial charge in [0.05, 0.1) is 5.57 Å². The molecule has 0 bridgehead atoms. The summed E-state index contributed by atoms with van der Waals surface area (Å²) in [5.41, 5.74) is 6.25. The quantitative estimate of drug-likeness (QED) is 0.794. The molecule has 2 aliphatic heterocycles. The first kappa shape index (κ1) is 15.6. The van der Waals surface area contributed by atoms with Crippen LogP contribution in [0.5, 0.6) is 0 Å². The number of likely N-dealkylation sites (N-methyl/N-ethyl adjacent to an activating group) is 1. The zero-order chi connectivity index (χ0) is 17.7. The number of nitrogens with zero attached hydrogens (tertiary/aromatic N) is 2. The summed E-state index contributed by atoms with van der Waals surface area (Å²) < 4.78 is 0. The van der Waals surface area contributed by atoms with E-state index >= 15 is 0 Å². The first-order chi connectivity index (χ1) is 12.0. The van der Waals surface area contributed by atoms with Gasteiger partial charge in [-0.05, 0) is 43.0 Å². The highest BCUT2D eigenvalue weighted by Gasteiger charge is 2.41. The van der Waals surface area contributed by atoms with Crippen LogP contribution < -0.4 is 4.90 Å². The number of hydrogen-bond donors (Lipinski definition) is 0. The number of imide groups is 1. The second-order valence-corrected chi connectivity index (χ2v) is 6.74. The minimum Gasteiger partial charge on any atom is -0.336 e. The number of para-hydroxylation sites is 1. The van der Waals surface area contributed by atoms with Crippen LogP contribution in [0, 0.1) is 13.8 Å². The van der Waals surface area contributed by atoms with Crippen molar-refractivity contribution in [2.24, 2.45) is 0 Å². The van der Waals surface area contributed by atoms with Gasteiger partial charge < -0.3 is 4.90 Å². The average Bonchev–Trinajstić information content (AvgIpc) is 3.10. The van der Waals surface area contributed by atoms with Crippen LogP contribution in [0.4, 0.5) is 5.69 Å². The molecule has 0 spiro atoms. The van der Waals surface area contributed by atoms with E-state index in [9.17, 15) is 9.59 Å². The summed E-state index contributed by atoms with van der Waals surface area (Å²) in [5.74, 6) is -0.451. The molecule has 4 nitrogen and oxygen atoms in total. The molecule has 126 valence electrons. The van der Waals surface area contributed by atoms with Crippen LogP contribution in [-0.4, -0.2) is 30.3 Å². The Kier molecular flexibility index (Phi) is 3.49. The summed E-state index contributed by atoms with van der Waals surface area (Å²) in [6, 6.07) is 14.1. The van der Waals surface area contributed by atoms with Crippen molar-refractivity contribution in [2.75, 3.05) is 18.5 Å². The first-order valence-corrected chi connectivity index (χ1v) is 8.49. The second kappa shape index (κ2) is 5.59. The number of amides is 2. The number of anilines is 1. The fourth-order valence-corrected chi connectivity index (χ4v) is 3.78. The maximum absolute atomic E-state index is 12.9. The Morgan fingerprint density at radius 3 is 2.48 bits per heavy atom. The average molecular weight is 332 g/mol. The molecule has 0 radical (unpaired) electrons. The molecule has 2 aromatic rings. The van der Waals surface area contributed by atoms with Crippen molar-refractivity contribution >= 4 is 23.1 Å². The molecule has 4 rings (SSSR count). The lowest BCUT2D eigenvalue weighted by atomic mass is 9.97. The fraction of sp³-hybridized carbons (Fsp3) is 0.238. The molecule has 0 N–H and O–H groups in total. The maximum atomic E-state index is 12.9. The number of rotatable bonds is 2. The Morgan fingerprint density at radius 2 is 1.72 bits per heavy atom. The number of fused-ring (bicyclic) bond motifs is 1. The van der Waals surface area contributed by atoms with Crippen molar-refractivity contribution in [3.05, 3.63) is 70.4 Å². The molecule has 0 aromatic heterocycles. The molecule has 0 unspecified atom stereocenters. The minimum absolute atomic E-state index is 0.225. The van der Waals surface area contributed by atoms with E-state index in [2.05, 4.69) is 6.07 Å². The third-order valence-corrected chi connectivity index (χ3v) is 5.07. The molecule has 4 heteroatoms. The molecule has 0 fully saturated rings. The molecular formula is C21H20N2O2. The number of hydrogen-bond acceptors (Lipinski definition) is 3. The highest BCUT2D eigenvalue weighted by molar-refractivity contribution is 6.36. The zero-order valence-electron chi connectivity index (χ0n) is 14.7. The summed E-state index contributed by atoms with van der Waals surface area (Å²) in [5, 5.41) is 0. The minimum atomic E-state index is -0.226. The Hall–Kier alpha value is -2.88. The summed E-state index contributed by atoms with van der Waals surface area (Å²) in [6.07, 6.45) is 0.880. The van der Waals surface area contributed by atoms with Gasteiger partial charge in [0.25, 0.3) is 11.8 Å². The van der Waals surface area contributed by atoms with E-state index in [-0.39, 0.29) is 11.8 Å². The van der Waals surface area contributed by atoms with Crippen LogP contribution in [0.1, 0.15) is 22.3 Å². The summed E-state index contributed by atoms with van der Waals surface area (Å²) in [4.78, 5) is 29.0. The fourth-order valence-electron chi connectivity index (χ4n) is 3.78. The van der Waals surface area contributed by atoms with E-state index in [1.54, 1.807) is 7.05 Å². The van der Waals surface area contributed by atoms with Gasteiger partial charge >= 0.3 is 0 Å². The summed E-state index contributed by atoms with van der Waals surface area (Å²) in [7, 11) is 1.56. The van der Waals surface area contributed by atoms with Crippen LogP contribution in [-0.2, 0) is 16.0 Å². The highest BCUT2D eigenvalue weighted by Crippen LogP contribution is 2.38. The lowest BCUT2D eigenvalue weighted by Gasteiger charge is -2.21. The molecule has 2 aliphatic rings. The lowest BCUT2D eigenvalue weighted by molar-refractivity contribution is -0.135. The molecule has 2 amide bonds. The number of carbonyl (C=O) groups is 2. The predicted molar refractivity (Wildman–Crippen MR) is 98.1 cm³/mol. The number of aryl methyl sites for hydroxylation is 2. The van der Waals surface area contributed by atoms with E-state index in [0.717, 1.165) is 35.3 Å². The van der Waals surface area contributed by atoms with Crippen molar-refractivity contribution < 1.29 is 9.59 Å². The SMILES string of the molecule is Cc1ccc(C2=C(N3CCc4ccccc43)C(=O)N(C)C2=O)c(C)c1. The van der Waals surface area contributed by atoms with Gasteiger partial charge in [0.1, 0.15) is 5.70 Å². The van der Waals surface area contributed by atoms with Gasteiger partial charge in [0.15, 0.2) is 0 Å². The summed E-state index contributed by atoms with van der Waals surface area (Å²) >= 11 is 0. The van der Waals surface area contributed by atoms with Crippen molar-refractivity contribution in [3.8, 4) is 0 Å². The molecular weight excluding hydrogens is 312 g/mol. The van der Waals surface area contributed by atoms with Gasteiger partial charge in [-0.3, -0.25) is 14.5 Å². The monoisotopic (exact) mass is 332 g/mol. The second-order valence-electron chi connectivity index (χ2n) is 6.74. The number of benzene rings is 2. The van der Waals surface area contributed by atoms with Gasteiger partial charge in [0.2, 0.25) is 0 Å². The molecule has 2 aromatic carbocycles. The van der Waals surface area contributed by atoms with Gasteiger partial charge in [-0.25, -0.2) is 0 Å². The molecule has 0 saturated carbocycles. The normalized spacial score (nSPS) is 16.9. The molecule has 25 heavy (non-hydrogen) atoms. The third-order valence-electron chi connectivity index (χ3n) is 5.07. The first-order valence-electron chi connectivity index (χ1n) is 8.49.